The molecule has 0 saturated heterocycles. The average Bonchev–Trinajstić information content (AvgIpc) is 2.65. The zero-order chi connectivity index (χ0) is 12.5. The third-order valence-corrected chi connectivity index (χ3v) is 3.97. The lowest BCUT2D eigenvalue weighted by atomic mass is 9.93. The second-order valence-electron chi connectivity index (χ2n) is 5.15. The highest BCUT2D eigenvalue weighted by Gasteiger charge is 2.17. The fourth-order valence-corrected chi connectivity index (χ4v) is 2.63. The third-order valence-electron chi connectivity index (χ3n) is 3.97. The summed E-state index contributed by atoms with van der Waals surface area (Å²) >= 11 is 0. The molecule has 2 aromatic rings. The van der Waals surface area contributed by atoms with E-state index in [1.165, 1.54) is 35.7 Å². The molecule has 3 rings (SSSR count). The summed E-state index contributed by atoms with van der Waals surface area (Å²) in [5.41, 5.74) is 2.50. The van der Waals surface area contributed by atoms with Crippen molar-refractivity contribution >= 4 is 10.9 Å². The summed E-state index contributed by atoms with van der Waals surface area (Å²) < 4.78 is 2.24. The summed E-state index contributed by atoms with van der Waals surface area (Å²) in [6.45, 7) is 4.01. The summed E-state index contributed by atoms with van der Waals surface area (Å²) in [4.78, 5) is 0. The minimum atomic E-state index is 0.348. The van der Waals surface area contributed by atoms with E-state index < -0.39 is 0 Å². The summed E-state index contributed by atoms with van der Waals surface area (Å²) in [7, 11) is 0. The van der Waals surface area contributed by atoms with E-state index in [4.69, 9.17) is 0 Å². The van der Waals surface area contributed by atoms with Crippen molar-refractivity contribution in [3.63, 3.8) is 0 Å². The van der Waals surface area contributed by atoms with Crippen molar-refractivity contribution in [1.29, 1.82) is 0 Å². The third kappa shape index (κ3) is 1.99. The molecule has 3 heteroatoms. The molecule has 1 aliphatic carbocycles. The molecule has 1 fully saturated rings. The van der Waals surface area contributed by atoms with Crippen LogP contribution < -0.4 is 5.32 Å². The Morgan fingerprint density at radius 2 is 2.22 bits per heavy atom. The normalized spacial score (nSPS) is 16.1. The van der Waals surface area contributed by atoms with Gasteiger partial charge in [-0.3, -0.25) is 0 Å². The molecule has 1 aromatic carbocycles. The summed E-state index contributed by atoms with van der Waals surface area (Å²) in [6.07, 6.45) is 6.17. The van der Waals surface area contributed by atoms with Crippen LogP contribution in [0.2, 0.25) is 0 Å². The first-order valence-corrected chi connectivity index (χ1v) is 6.82. The molecule has 96 valence electrons. The molecule has 1 aliphatic rings. The largest absolute Gasteiger partial charge is 0.508 e. The van der Waals surface area contributed by atoms with Gasteiger partial charge in [0.1, 0.15) is 5.75 Å². The summed E-state index contributed by atoms with van der Waals surface area (Å²) in [5.74, 6) is 0.348. The zero-order valence-corrected chi connectivity index (χ0v) is 10.8. The van der Waals surface area contributed by atoms with Gasteiger partial charge in [-0.15, -0.1) is 0 Å². The van der Waals surface area contributed by atoms with Crippen molar-refractivity contribution in [2.75, 3.05) is 0 Å². The molecule has 18 heavy (non-hydrogen) atoms. The standard InChI is InChI=1S/C15H20N2O/c1-2-17-10-11(9-16-12-4-3-5-12)14-8-13(18)6-7-15(14)17/h6-8,10,12,16,18H,2-5,9H2,1H3. The van der Waals surface area contributed by atoms with Gasteiger partial charge in [0, 0.05) is 36.2 Å². The van der Waals surface area contributed by atoms with E-state index in [2.05, 4.69) is 23.0 Å². The van der Waals surface area contributed by atoms with Gasteiger partial charge in [-0.2, -0.15) is 0 Å². The molecule has 1 saturated carbocycles. The number of nitrogens with zero attached hydrogens (tertiary/aromatic N) is 1. The van der Waals surface area contributed by atoms with Crippen molar-refractivity contribution < 1.29 is 5.11 Å². The molecular formula is C15H20N2O. The predicted molar refractivity (Wildman–Crippen MR) is 73.8 cm³/mol. The molecule has 0 aliphatic heterocycles. The van der Waals surface area contributed by atoms with Crippen LogP contribution in [0.5, 0.6) is 5.75 Å². The number of phenolic OH excluding ortho intramolecular Hbond substituents is 1. The van der Waals surface area contributed by atoms with Crippen LogP contribution >= 0.6 is 0 Å². The van der Waals surface area contributed by atoms with Crippen LogP contribution in [0.15, 0.2) is 24.4 Å². The van der Waals surface area contributed by atoms with E-state index in [-0.39, 0.29) is 0 Å². The fourth-order valence-electron chi connectivity index (χ4n) is 2.63. The summed E-state index contributed by atoms with van der Waals surface area (Å²) in [6, 6.07) is 6.33. The van der Waals surface area contributed by atoms with Crippen LogP contribution in [0.1, 0.15) is 31.7 Å². The highest BCUT2D eigenvalue weighted by Crippen LogP contribution is 2.26. The van der Waals surface area contributed by atoms with Gasteiger partial charge in [0.05, 0.1) is 0 Å². The second kappa shape index (κ2) is 4.65. The van der Waals surface area contributed by atoms with Gasteiger partial charge < -0.3 is 15.0 Å². The molecule has 0 unspecified atom stereocenters. The SMILES string of the molecule is CCn1cc(CNC2CCC2)c2cc(O)ccc21. The molecule has 3 nitrogen and oxygen atoms in total. The van der Waals surface area contributed by atoms with E-state index in [1.54, 1.807) is 6.07 Å². The monoisotopic (exact) mass is 244 g/mol. The number of hydrogen-bond donors (Lipinski definition) is 2. The Balaban J connectivity index is 1.91. The van der Waals surface area contributed by atoms with Crippen LogP contribution in [0.4, 0.5) is 0 Å². The van der Waals surface area contributed by atoms with Gasteiger partial charge in [-0.05, 0) is 43.5 Å². The van der Waals surface area contributed by atoms with Gasteiger partial charge in [-0.25, -0.2) is 0 Å². The van der Waals surface area contributed by atoms with Crippen molar-refractivity contribution in [2.24, 2.45) is 0 Å². The zero-order valence-electron chi connectivity index (χ0n) is 10.8. The molecule has 0 radical (unpaired) electrons. The van der Waals surface area contributed by atoms with Gasteiger partial charge >= 0.3 is 0 Å². The van der Waals surface area contributed by atoms with Crippen LogP contribution in [0.3, 0.4) is 0 Å². The molecule has 0 atom stereocenters. The fraction of sp³-hybridized carbons (Fsp3) is 0.467. The smallest absolute Gasteiger partial charge is 0.116 e. The molecule has 1 heterocycles. The van der Waals surface area contributed by atoms with Crippen molar-refractivity contribution in [3.05, 3.63) is 30.0 Å². The van der Waals surface area contributed by atoms with Gasteiger partial charge in [0.25, 0.3) is 0 Å². The number of hydrogen-bond acceptors (Lipinski definition) is 2. The van der Waals surface area contributed by atoms with Crippen LogP contribution in [0.25, 0.3) is 10.9 Å². The number of aromatic hydroxyl groups is 1. The molecule has 2 N–H and O–H groups in total. The lowest BCUT2D eigenvalue weighted by Crippen LogP contribution is -2.34. The first-order chi connectivity index (χ1) is 8.78. The van der Waals surface area contributed by atoms with E-state index in [9.17, 15) is 5.11 Å². The number of nitrogens with one attached hydrogen (secondary N) is 1. The maximum atomic E-state index is 9.64. The Kier molecular flexibility index (Phi) is 3.00. The lowest BCUT2D eigenvalue weighted by molar-refractivity contribution is 0.338. The summed E-state index contributed by atoms with van der Waals surface area (Å²) in [5, 5.41) is 14.4. The highest BCUT2D eigenvalue weighted by atomic mass is 16.3. The maximum Gasteiger partial charge on any atom is 0.116 e. The predicted octanol–water partition coefficient (Wildman–Crippen LogP) is 3.01. The second-order valence-corrected chi connectivity index (χ2v) is 5.15. The Morgan fingerprint density at radius 3 is 2.89 bits per heavy atom. The average molecular weight is 244 g/mol. The Morgan fingerprint density at radius 1 is 1.39 bits per heavy atom. The maximum absolute atomic E-state index is 9.64. The minimum absolute atomic E-state index is 0.348. The first-order valence-electron chi connectivity index (χ1n) is 6.82. The molecule has 1 aromatic heterocycles. The van der Waals surface area contributed by atoms with Crippen molar-refractivity contribution in [3.8, 4) is 5.75 Å². The van der Waals surface area contributed by atoms with Gasteiger partial charge in [-0.1, -0.05) is 6.42 Å². The van der Waals surface area contributed by atoms with Crippen LogP contribution in [0, 0.1) is 0 Å². The Hall–Kier alpha value is -1.48. The molecule has 0 amide bonds. The number of aryl methyl sites for hydroxylation is 1. The molecule has 0 spiro atoms. The van der Waals surface area contributed by atoms with Crippen molar-refractivity contribution in [1.82, 2.24) is 9.88 Å². The Bertz CT molecular complexity index is 555. The number of phenols is 1. The first kappa shape index (κ1) is 11.6. The molecule has 0 bridgehead atoms. The lowest BCUT2D eigenvalue weighted by Gasteiger charge is -2.26. The van der Waals surface area contributed by atoms with Crippen molar-refractivity contribution in [2.45, 2.75) is 45.3 Å². The van der Waals surface area contributed by atoms with E-state index in [1.807, 2.05) is 12.1 Å². The van der Waals surface area contributed by atoms with Crippen LogP contribution in [-0.2, 0) is 13.1 Å². The number of aromatic nitrogens is 1. The Labute approximate surface area is 107 Å². The highest BCUT2D eigenvalue weighted by molar-refractivity contribution is 5.85. The van der Waals surface area contributed by atoms with Gasteiger partial charge in [0.2, 0.25) is 0 Å². The van der Waals surface area contributed by atoms with E-state index in [0.29, 0.717) is 11.8 Å². The van der Waals surface area contributed by atoms with E-state index >= 15 is 0 Å². The van der Waals surface area contributed by atoms with Crippen LogP contribution in [-0.4, -0.2) is 15.7 Å². The molecular weight excluding hydrogens is 224 g/mol. The number of benzene rings is 1. The van der Waals surface area contributed by atoms with Gasteiger partial charge in [0.15, 0.2) is 0 Å². The number of fused-ring (bicyclic) bond motifs is 1. The minimum Gasteiger partial charge on any atom is -0.508 e. The number of rotatable bonds is 4. The topological polar surface area (TPSA) is 37.2 Å². The quantitative estimate of drug-likeness (QED) is 0.867. The van der Waals surface area contributed by atoms with E-state index in [0.717, 1.165) is 13.1 Å².